The summed E-state index contributed by atoms with van der Waals surface area (Å²) >= 11 is 0. The second-order valence-electron chi connectivity index (χ2n) is 4.40. The first-order chi connectivity index (χ1) is 7.30. The molecule has 0 saturated carbocycles. The molecule has 0 bridgehead atoms. The van der Waals surface area contributed by atoms with Gasteiger partial charge in [-0.15, -0.1) is 0 Å². The van der Waals surface area contributed by atoms with Crippen LogP contribution in [0.3, 0.4) is 0 Å². The molecule has 0 fully saturated rings. The summed E-state index contributed by atoms with van der Waals surface area (Å²) in [6.45, 7) is 3.49. The van der Waals surface area contributed by atoms with Crippen molar-refractivity contribution in [3.05, 3.63) is 35.7 Å². The van der Waals surface area contributed by atoms with Crippen molar-refractivity contribution in [3.63, 3.8) is 0 Å². The Morgan fingerprint density at radius 1 is 1.31 bits per heavy atom. The van der Waals surface area contributed by atoms with Crippen molar-refractivity contribution in [2.24, 2.45) is 0 Å². The van der Waals surface area contributed by atoms with Crippen LogP contribution in [0.4, 0.5) is 13.2 Å². The molecular weight excluding hydrogens is 217 g/mol. The number of ether oxygens (including phenoxy) is 1. The monoisotopic (exact) mass is 228 g/mol. The summed E-state index contributed by atoms with van der Waals surface area (Å²) in [4.78, 5) is 0. The van der Waals surface area contributed by atoms with Gasteiger partial charge in [0.25, 0.3) is 0 Å². The van der Waals surface area contributed by atoms with Gasteiger partial charge in [0, 0.05) is 12.0 Å². The van der Waals surface area contributed by atoms with E-state index in [0.29, 0.717) is 12.0 Å². The van der Waals surface area contributed by atoms with E-state index in [0.717, 1.165) is 6.07 Å². The van der Waals surface area contributed by atoms with Crippen molar-refractivity contribution in [1.82, 2.24) is 0 Å². The molecule has 2 rings (SSSR count). The van der Waals surface area contributed by atoms with E-state index in [9.17, 15) is 13.2 Å². The predicted octanol–water partition coefficient (Wildman–Crippen LogP) is 3.70. The van der Waals surface area contributed by atoms with Crippen molar-refractivity contribution in [2.45, 2.75) is 32.0 Å². The number of halogens is 3. The van der Waals surface area contributed by atoms with Crippen LogP contribution in [-0.4, -0.2) is 5.60 Å². The summed E-state index contributed by atoms with van der Waals surface area (Å²) in [7, 11) is 0. The molecule has 0 spiro atoms. The lowest BCUT2D eigenvalue weighted by atomic mass is 9.92. The van der Waals surface area contributed by atoms with Crippen LogP contribution < -0.4 is 4.74 Å². The van der Waals surface area contributed by atoms with E-state index in [2.05, 4.69) is 6.42 Å². The van der Waals surface area contributed by atoms with Crippen LogP contribution in [0.5, 0.6) is 5.75 Å². The summed E-state index contributed by atoms with van der Waals surface area (Å²) in [5, 5.41) is 0. The third kappa shape index (κ3) is 2.01. The van der Waals surface area contributed by atoms with E-state index < -0.39 is 17.3 Å². The molecule has 0 amide bonds. The molecule has 0 aromatic heterocycles. The molecule has 0 saturated heterocycles. The number of rotatable bonds is 0. The summed E-state index contributed by atoms with van der Waals surface area (Å²) in [5.74, 6) is -0.105. The van der Waals surface area contributed by atoms with Crippen molar-refractivity contribution in [2.75, 3.05) is 0 Å². The zero-order valence-electron chi connectivity index (χ0n) is 8.98. The smallest absolute Gasteiger partial charge is 0.419 e. The Bertz CT molecular complexity index is 407. The third-order valence-electron chi connectivity index (χ3n) is 2.40. The molecule has 2 radical (unpaired) electrons. The Balaban J connectivity index is 2.51. The second kappa shape index (κ2) is 3.40. The molecule has 16 heavy (non-hydrogen) atoms. The number of benzene rings is 1. The first kappa shape index (κ1) is 11.3. The van der Waals surface area contributed by atoms with E-state index in [1.165, 1.54) is 6.07 Å². The van der Waals surface area contributed by atoms with Gasteiger partial charge < -0.3 is 4.74 Å². The molecule has 0 unspecified atom stereocenters. The van der Waals surface area contributed by atoms with Crippen molar-refractivity contribution < 1.29 is 17.9 Å². The maximum Gasteiger partial charge on any atom is 0.419 e. The Hall–Kier alpha value is -1.19. The molecule has 0 atom stereocenters. The van der Waals surface area contributed by atoms with E-state index >= 15 is 0 Å². The van der Waals surface area contributed by atoms with Crippen LogP contribution in [0.25, 0.3) is 0 Å². The van der Waals surface area contributed by atoms with E-state index in [1.54, 1.807) is 19.9 Å². The fourth-order valence-corrected chi connectivity index (χ4v) is 1.63. The summed E-state index contributed by atoms with van der Waals surface area (Å²) < 4.78 is 43.6. The van der Waals surface area contributed by atoms with Crippen LogP contribution in [0.1, 0.15) is 31.4 Å². The topological polar surface area (TPSA) is 9.23 Å². The first-order valence-corrected chi connectivity index (χ1v) is 4.93. The highest BCUT2D eigenvalue weighted by molar-refractivity contribution is 5.48. The molecule has 1 aromatic rings. The predicted molar refractivity (Wildman–Crippen MR) is 53.1 cm³/mol. The van der Waals surface area contributed by atoms with Gasteiger partial charge in [0.2, 0.25) is 0 Å². The molecule has 4 heteroatoms. The zero-order valence-corrected chi connectivity index (χ0v) is 8.98. The van der Waals surface area contributed by atoms with E-state index in [4.69, 9.17) is 4.74 Å². The normalized spacial score (nSPS) is 18.8. The number of hydrogen-bond acceptors (Lipinski definition) is 1. The zero-order chi connectivity index (χ0) is 12.0. The minimum Gasteiger partial charge on any atom is -0.487 e. The maximum absolute atomic E-state index is 12.7. The molecule has 1 aliphatic heterocycles. The fraction of sp³-hybridized carbons (Fsp3) is 0.417. The Kier molecular flexibility index (Phi) is 2.40. The lowest BCUT2D eigenvalue weighted by Gasteiger charge is -2.33. The first-order valence-electron chi connectivity index (χ1n) is 4.93. The average molecular weight is 228 g/mol. The molecule has 1 aromatic carbocycles. The molecule has 1 aliphatic rings. The highest BCUT2D eigenvalue weighted by Crippen LogP contribution is 2.43. The Morgan fingerprint density at radius 3 is 2.62 bits per heavy atom. The highest BCUT2D eigenvalue weighted by Gasteiger charge is 2.38. The number of alkyl halides is 3. The van der Waals surface area contributed by atoms with Gasteiger partial charge >= 0.3 is 6.18 Å². The largest absolute Gasteiger partial charge is 0.487 e. The Morgan fingerprint density at radius 2 is 2.00 bits per heavy atom. The SMILES string of the molecule is CC1(C)C[C]c2cccc(C(F)(F)F)c2O1. The second-order valence-corrected chi connectivity index (χ2v) is 4.40. The standard InChI is InChI=1S/C12H11F3O/c1-11(2)7-6-8-4-3-5-9(10(8)16-11)12(13,14)15/h3-5H,7H2,1-2H3. The lowest BCUT2D eigenvalue weighted by Crippen LogP contribution is -2.33. The number of hydrogen-bond donors (Lipinski definition) is 0. The van der Waals surface area contributed by atoms with Crippen LogP contribution in [0, 0.1) is 6.42 Å². The lowest BCUT2D eigenvalue weighted by molar-refractivity contribution is -0.140. The van der Waals surface area contributed by atoms with Gasteiger partial charge in [0.15, 0.2) is 0 Å². The van der Waals surface area contributed by atoms with E-state index in [-0.39, 0.29) is 5.75 Å². The molecule has 1 nitrogen and oxygen atoms in total. The number of fused-ring (bicyclic) bond motifs is 1. The van der Waals surface area contributed by atoms with Crippen LogP contribution >= 0.6 is 0 Å². The minimum absolute atomic E-state index is 0.105. The number of para-hydroxylation sites is 1. The van der Waals surface area contributed by atoms with Crippen molar-refractivity contribution in [3.8, 4) is 5.75 Å². The van der Waals surface area contributed by atoms with Crippen molar-refractivity contribution >= 4 is 0 Å². The average Bonchev–Trinajstić information content (AvgIpc) is 2.13. The quantitative estimate of drug-likeness (QED) is 0.658. The highest BCUT2D eigenvalue weighted by atomic mass is 19.4. The maximum atomic E-state index is 12.7. The molecule has 0 N–H and O–H groups in total. The van der Waals surface area contributed by atoms with Gasteiger partial charge in [0.1, 0.15) is 11.4 Å². The molecule has 1 heterocycles. The summed E-state index contributed by atoms with van der Waals surface area (Å²) in [6.07, 6.45) is -0.961. The van der Waals surface area contributed by atoms with Gasteiger partial charge in [-0.05, 0) is 26.3 Å². The van der Waals surface area contributed by atoms with Gasteiger partial charge in [0.05, 0.1) is 5.56 Å². The van der Waals surface area contributed by atoms with Gasteiger partial charge in [-0.25, -0.2) is 0 Å². The van der Waals surface area contributed by atoms with Crippen molar-refractivity contribution in [1.29, 1.82) is 0 Å². The van der Waals surface area contributed by atoms with Crippen LogP contribution in [0.15, 0.2) is 18.2 Å². The Labute approximate surface area is 92.2 Å². The van der Waals surface area contributed by atoms with Crippen LogP contribution in [0.2, 0.25) is 0 Å². The van der Waals surface area contributed by atoms with Gasteiger partial charge in [-0.2, -0.15) is 13.2 Å². The summed E-state index contributed by atoms with van der Waals surface area (Å²) in [6, 6.07) is 3.98. The summed E-state index contributed by atoms with van der Waals surface area (Å²) in [5.41, 5.74) is -0.964. The van der Waals surface area contributed by atoms with Gasteiger partial charge in [-0.1, -0.05) is 12.1 Å². The van der Waals surface area contributed by atoms with E-state index in [1.807, 2.05) is 0 Å². The fourth-order valence-electron chi connectivity index (χ4n) is 1.63. The molecule has 86 valence electrons. The minimum atomic E-state index is -4.39. The molecular formula is C12H11F3O. The van der Waals surface area contributed by atoms with Crippen LogP contribution in [-0.2, 0) is 6.18 Å². The van der Waals surface area contributed by atoms with Gasteiger partial charge in [-0.3, -0.25) is 0 Å². The third-order valence-corrected chi connectivity index (χ3v) is 2.40. The molecule has 0 aliphatic carbocycles.